The number of fused-ring (bicyclic) bond motifs is 1. The Morgan fingerprint density at radius 3 is 2.53 bits per heavy atom. The number of aryl methyl sites for hydroxylation is 2. The summed E-state index contributed by atoms with van der Waals surface area (Å²) in [5.74, 6) is -1.46. The number of hydrogen-bond acceptors (Lipinski definition) is 6. The number of Topliss-reactive ketones (excluding diaryl/α,β-unsaturated/α-hetero) is 1. The van der Waals surface area contributed by atoms with E-state index in [4.69, 9.17) is 4.74 Å². The molecule has 8 nitrogen and oxygen atoms in total. The number of amides is 1. The summed E-state index contributed by atoms with van der Waals surface area (Å²) in [7, 11) is 0. The van der Waals surface area contributed by atoms with Gasteiger partial charge in [0.25, 0.3) is 11.7 Å². The number of aliphatic hydroxyl groups excluding tert-OH is 1. The fourth-order valence-corrected chi connectivity index (χ4v) is 4.81. The van der Waals surface area contributed by atoms with Crippen molar-refractivity contribution in [3.63, 3.8) is 0 Å². The van der Waals surface area contributed by atoms with Crippen molar-refractivity contribution in [1.82, 2.24) is 19.2 Å². The highest BCUT2D eigenvalue weighted by molar-refractivity contribution is 6.46. The van der Waals surface area contributed by atoms with E-state index in [0.717, 1.165) is 24.2 Å². The highest BCUT2D eigenvalue weighted by atomic mass is 16.5. The standard InChI is InChI=1S/C26H28N4O4/c1-17-6-8-19(9-7-17)23-21(24(31)22-18(2)27-20-5-3-4-10-29(20)22)25(32)26(33)30(23)12-11-28-13-15-34-16-14-28/h3-10,23,31H,11-16H2,1-2H3/b24-21+/t23-/m0/s1. The van der Waals surface area contributed by atoms with Gasteiger partial charge in [-0.15, -0.1) is 0 Å². The smallest absolute Gasteiger partial charge is 0.295 e. The number of aromatic nitrogens is 2. The first-order valence-electron chi connectivity index (χ1n) is 11.5. The highest BCUT2D eigenvalue weighted by Crippen LogP contribution is 2.40. The maximum atomic E-state index is 13.3. The molecule has 0 spiro atoms. The van der Waals surface area contributed by atoms with E-state index in [1.807, 2.05) is 49.4 Å². The molecule has 0 unspecified atom stereocenters. The molecule has 0 saturated carbocycles. The van der Waals surface area contributed by atoms with Crippen LogP contribution in [-0.2, 0) is 14.3 Å². The van der Waals surface area contributed by atoms with Crippen LogP contribution in [0.1, 0.15) is 28.6 Å². The van der Waals surface area contributed by atoms with E-state index in [9.17, 15) is 14.7 Å². The Labute approximate surface area is 198 Å². The van der Waals surface area contributed by atoms with Gasteiger partial charge in [0.15, 0.2) is 5.76 Å². The molecule has 1 N–H and O–H groups in total. The van der Waals surface area contributed by atoms with Gasteiger partial charge >= 0.3 is 0 Å². The second kappa shape index (κ2) is 9.04. The zero-order valence-corrected chi connectivity index (χ0v) is 19.4. The maximum absolute atomic E-state index is 13.3. The predicted molar refractivity (Wildman–Crippen MR) is 127 cm³/mol. The van der Waals surface area contributed by atoms with E-state index in [2.05, 4.69) is 9.88 Å². The molecule has 1 amide bonds. The number of morpholine rings is 1. The predicted octanol–water partition coefficient (Wildman–Crippen LogP) is 2.71. The van der Waals surface area contributed by atoms with Crippen LogP contribution in [0.5, 0.6) is 0 Å². The van der Waals surface area contributed by atoms with Crippen molar-refractivity contribution in [2.45, 2.75) is 19.9 Å². The Bertz CT molecular complexity index is 1270. The Morgan fingerprint density at radius 1 is 1.06 bits per heavy atom. The minimum Gasteiger partial charge on any atom is -0.505 e. The molecular weight excluding hydrogens is 432 g/mol. The van der Waals surface area contributed by atoms with Crippen LogP contribution in [0.2, 0.25) is 0 Å². The topological polar surface area (TPSA) is 87.4 Å². The summed E-state index contributed by atoms with van der Waals surface area (Å²) in [6.45, 7) is 7.69. The lowest BCUT2D eigenvalue weighted by Gasteiger charge is -2.31. The van der Waals surface area contributed by atoms with Crippen molar-refractivity contribution in [1.29, 1.82) is 0 Å². The van der Waals surface area contributed by atoms with Gasteiger partial charge in [-0.3, -0.25) is 18.9 Å². The first-order valence-corrected chi connectivity index (χ1v) is 11.5. The second-order valence-electron chi connectivity index (χ2n) is 8.83. The number of rotatable bonds is 5. The SMILES string of the molecule is Cc1ccc([C@H]2/C(=C(\O)c3c(C)nc4ccccn34)C(=O)C(=O)N2CCN2CCOCC2)cc1. The normalized spacial score (nSPS) is 21.0. The van der Waals surface area contributed by atoms with Gasteiger partial charge in [-0.25, -0.2) is 4.98 Å². The molecule has 0 radical (unpaired) electrons. The van der Waals surface area contributed by atoms with Gasteiger partial charge in [0.05, 0.1) is 30.5 Å². The van der Waals surface area contributed by atoms with Crippen LogP contribution < -0.4 is 0 Å². The van der Waals surface area contributed by atoms with Gasteiger partial charge in [0.1, 0.15) is 11.3 Å². The van der Waals surface area contributed by atoms with E-state index < -0.39 is 17.7 Å². The summed E-state index contributed by atoms with van der Waals surface area (Å²) in [5, 5.41) is 11.5. The summed E-state index contributed by atoms with van der Waals surface area (Å²) in [5.41, 5.74) is 3.65. The monoisotopic (exact) mass is 460 g/mol. The average molecular weight is 461 g/mol. The average Bonchev–Trinajstić information content (AvgIpc) is 3.31. The van der Waals surface area contributed by atoms with Gasteiger partial charge in [0.2, 0.25) is 0 Å². The van der Waals surface area contributed by atoms with Crippen LogP contribution in [-0.4, -0.2) is 75.4 Å². The number of ketones is 1. The van der Waals surface area contributed by atoms with Crippen LogP contribution >= 0.6 is 0 Å². The number of pyridine rings is 1. The lowest BCUT2D eigenvalue weighted by atomic mass is 9.95. The van der Waals surface area contributed by atoms with Crippen molar-refractivity contribution in [2.24, 2.45) is 0 Å². The molecule has 2 saturated heterocycles. The van der Waals surface area contributed by atoms with E-state index in [-0.39, 0.29) is 11.3 Å². The van der Waals surface area contributed by atoms with Crippen LogP contribution in [0.4, 0.5) is 0 Å². The summed E-state index contributed by atoms with van der Waals surface area (Å²) in [6, 6.07) is 12.6. The van der Waals surface area contributed by atoms with Gasteiger partial charge in [-0.2, -0.15) is 0 Å². The van der Waals surface area contributed by atoms with Crippen LogP contribution in [0.15, 0.2) is 54.2 Å². The number of hydrogen-bond donors (Lipinski definition) is 1. The zero-order chi connectivity index (χ0) is 23.8. The first kappa shape index (κ1) is 22.3. The molecule has 8 heteroatoms. The number of imidazole rings is 1. The lowest BCUT2D eigenvalue weighted by Crippen LogP contribution is -2.42. The highest BCUT2D eigenvalue weighted by Gasteiger charge is 2.46. The largest absolute Gasteiger partial charge is 0.505 e. The number of benzene rings is 1. The van der Waals surface area contributed by atoms with Crippen molar-refractivity contribution in [3.05, 3.63) is 76.7 Å². The Kier molecular flexibility index (Phi) is 5.93. The molecule has 2 fully saturated rings. The van der Waals surface area contributed by atoms with Gasteiger partial charge in [0, 0.05) is 32.4 Å². The van der Waals surface area contributed by atoms with E-state index in [1.165, 1.54) is 0 Å². The fraction of sp³-hybridized carbons (Fsp3) is 0.346. The number of carbonyl (C=O) groups is 2. The zero-order valence-electron chi connectivity index (χ0n) is 19.4. The van der Waals surface area contributed by atoms with Gasteiger partial charge in [-0.1, -0.05) is 35.9 Å². The third-order valence-corrected chi connectivity index (χ3v) is 6.62. The molecule has 2 aliphatic heterocycles. The number of nitrogens with zero attached hydrogens (tertiary/aromatic N) is 4. The van der Waals surface area contributed by atoms with E-state index in [0.29, 0.717) is 43.3 Å². The lowest BCUT2D eigenvalue weighted by molar-refractivity contribution is -0.140. The Balaban J connectivity index is 1.60. The number of carbonyl (C=O) groups excluding carboxylic acids is 2. The molecule has 1 atom stereocenters. The maximum Gasteiger partial charge on any atom is 0.295 e. The third kappa shape index (κ3) is 3.89. The minimum absolute atomic E-state index is 0.101. The molecule has 1 aromatic carbocycles. The molecule has 4 heterocycles. The molecule has 2 aromatic heterocycles. The third-order valence-electron chi connectivity index (χ3n) is 6.62. The van der Waals surface area contributed by atoms with Crippen LogP contribution in [0.3, 0.4) is 0 Å². The Morgan fingerprint density at radius 2 is 1.79 bits per heavy atom. The summed E-state index contributed by atoms with van der Waals surface area (Å²) < 4.78 is 7.17. The number of likely N-dealkylation sites (tertiary alicyclic amines) is 1. The first-order chi connectivity index (χ1) is 16.5. The van der Waals surface area contributed by atoms with Crippen LogP contribution in [0.25, 0.3) is 11.4 Å². The van der Waals surface area contributed by atoms with Crippen molar-refractivity contribution in [2.75, 3.05) is 39.4 Å². The summed E-state index contributed by atoms with van der Waals surface area (Å²) in [6.07, 6.45) is 1.79. The van der Waals surface area contributed by atoms with Crippen molar-refractivity contribution in [3.8, 4) is 0 Å². The quantitative estimate of drug-likeness (QED) is 0.358. The van der Waals surface area contributed by atoms with E-state index >= 15 is 0 Å². The van der Waals surface area contributed by atoms with Gasteiger partial charge < -0.3 is 14.7 Å². The summed E-state index contributed by atoms with van der Waals surface area (Å²) in [4.78, 5) is 34.9. The summed E-state index contributed by atoms with van der Waals surface area (Å²) >= 11 is 0. The molecule has 2 aliphatic rings. The van der Waals surface area contributed by atoms with Crippen molar-refractivity contribution >= 4 is 23.1 Å². The molecule has 3 aromatic rings. The minimum atomic E-state index is -0.671. The molecule has 0 aliphatic carbocycles. The molecule has 5 rings (SSSR count). The molecular formula is C26H28N4O4. The molecule has 176 valence electrons. The van der Waals surface area contributed by atoms with Gasteiger partial charge in [-0.05, 0) is 31.5 Å². The van der Waals surface area contributed by atoms with Crippen molar-refractivity contribution < 1.29 is 19.4 Å². The second-order valence-corrected chi connectivity index (χ2v) is 8.83. The number of ether oxygens (including phenoxy) is 1. The number of aliphatic hydroxyl groups is 1. The Hall–Kier alpha value is -3.49. The fourth-order valence-electron chi connectivity index (χ4n) is 4.81. The van der Waals surface area contributed by atoms with E-state index in [1.54, 1.807) is 22.4 Å². The molecule has 34 heavy (non-hydrogen) atoms. The molecule has 0 bridgehead atoms. The van der Waals surface area contributed by atoms with Crippen LogP contribution in [0, 0.1) is 13.8 Å².